The van der Waals surface area contributed by atoms with Crippen molar-refractivity contribution in [3.8, 4) is 0 Å². The first-order chi connectivity index (χ1) is 9.94. The molecule has 0 heterocycles. The van der Waals surface area contributed by atoms with Crippen molar-refractivity contribution < 1.29 is 19.1 Å². The van der Waals surface area contributed by atoms with Gasteiger partial charge in [-0.1, -0.05) is 6.92 Å². The number of hydrogen-bond acceptors (Lipinski definition) is 4. The number of ether oxygens (including phenoxy) is 2. The van der Waals surface area contributed by atoms with Gasteiger partial charge in [-0.3, -0.25) is 0 Å². The summed E-state index contributed by atoms with van der Waals surface area (Å²) in [4.78, 5) is 25.1. The van der Waals surface area contributed by atoms with Gasteiger partial charge in [0.2, 0.25) is 0 Å². The molecule has 0 saturated carbocycles. The highest BCUT2D eigenvalue weighted by Gasteiger charge is 2.21. The molecule has 0 spiro atoms. The van der Waals surface area contributed by atoms with Gasteiger partial charge in [0.15, 0.2) is 0 Å². The van der Waals surface area contributed by atoms with E-state index in [2.05, 4.69) is 12.2 Å². The van der Waals surface area contributed by atoms with Gasteiger partial charge in [-0.25, -0.2) is 9.59 Å². The van der Waals surface area contributed by atoms with Crippen LogP contribution in [0.2, 0.25) is 0 Å². The molecule has 0 fully saturated rings. The second-order valence-electron chi connectivity index (χ2n) is 7.10. The predicted molar refractivity (Wildman–Crippen MR) is 86.6 cm³/mol. The van der Waals surface area contributed by atoms with Gasteiger partial charge in [-0.2, -0.15) is 0 Å². The van der Waals surface area contributed by atoms with E-state index in [0.717, 1.165) is 0 Å². The van der Waals surface area contributed by atoms with Gasteiger partial charge in [-0.15, -0.1) is 0 Å². The molecule has 6 nitrogen and oxygen atoms in total. The van der Waals surface area contributed by atoms with Crippen molar-refractivity contribution in [1.29, 1.82) is 0 Å². The van der Waals surface area contributed by atoms with E-state index in [0.29, 0.717) is 32.5 Å². The number of hydrogen-bond donors (Lipinski definition) is 1. The summed E-state index contributed by atoms with van der Waals surface area (Å²) in [5.74, 6) is 0. The van der Waals surface area contributed by atoms with Crippen LogP contribution in [0.15, 0.2) is 0 Å². The summed E-state index contributed by atoms with van der Waals surface area (Å²) in [5, 5.41) is 2.67. The molecule has 0 saturated heterocycles. The quantitative estimate of drug-likeness (QED) is 0.763. The van der Waals surface area contributed by atoms with Gasteiger partial charge >= 0.3 is 12.2 Å². The zero-order valence-electron chi connectivity index (χ0n) is 14.8. The number of carbonyl (C=O) groups excluding carboxylic acids is 2. The Kier molecular flexibility index (Phi) is 8.27. The first-order valence-corrected chi connectivity index (χ1v) is 7.68. The van der Waals surface area contributed by atoms with Crippen LogP contribution in [0.3, 0.4) is 0 Å². The van der Waals surface area contributed by atoms with E-state index in [-0.39, 0.29) is 6.09 Å². The molecule has 0 aromatic carbocycles. The Morgan fingerprint density at radius 1 is 1.00 bits per heavy atom. The summed E-state index contributed by atoms with van der Waals surface area (Å²) in [7, 11) is 0. The van der Waals surface area contributed by atoms with Crippen LogP contribution in [-0.2, 0) is 9.47 Å². The van der Waals surface area contributed by atoms with Crippen LogP contribution in [0, 0.1) is 6.92 Å². The summed E-state index contributed by atoms with van der Waals surface area (Å²) in [6, 6.07) is 0. The van der Waals surface area contributed by atoms with E-state index in [1.807, 2.05) is 41.5 Å². The predicted octanol–water partition coefficient (Wildman–Crippen LogP) is 3.36. The van der Waals surface area contributed by atoms with Crippen LogP contribution in [0.25, 0.3) is 0 Å². The minimum absolute atomic E-state index is 0.353. The number of nitrogens with zero attached hydrogens (tertiary/aromatic N) is 1. The van der Waals surface area contributed by atoms with Crippen molar-refractivity contribution in [3.63, 3.8) is 0 Å². The summed E-state index contributed by atoms with van der Waals surface area (Å²) in [5.41, 5.74) is -1.04. The Balaban J connectivity index is 4.16. The monoisotopic (exact) mass is 315 g/mol. The van der Waals surface area contributed by atoms with Crippen molar-refractivity contribution in [3.05, 3.63) is 6.92 Å². The molecular formula is C16H31N2O4. The second-order valence-corrected chi connectivity index (χ2v) is 7.10. The van der Waals surface area contributed by atoms with Gasteiger partial charge in [0.1, 0.15) is 11.2 Å². The molecule has 22 heavy (non-hydrogen) atoms. The van der Waals surface area contributed by atoms with E-state index in [4.69, 9.17) is 9.47 Å². The summed E-state index contributed by atoms with van der Waals surface area (Å²) in [6.45, 7) is 16.2. The fourth-order valence-corrected chi connectivity index (χ4v) is 1.59. The van der Waals surface area contributed by atoms with E-state index in [1.54, 1.807) is 4.90 Å². The number of amides is 2. The third-order valence-corrected chi connectivity index (χ3v) is 2.35. The number of nitrogens with one attached hydrogen (secondary N) is 1. The minimum atomic E-state index is -0.523. The molecule has 0 rings (SSSR count). The lowest BCUT2D eigenvalue weighted by atomic mass is 10.2. The Hall–Kier alpha value is -1.46. The largest absolute Gasteiger partial charge is 0.444 e. The van der Waals surface area contributed by atoms with Crippen molar-refractivity contribution in [2.24, 2.45) is 0 Å². The Labute approximate surface area is 134 Å². The number of carbonyl (C=O) groups is 2. The molecule has 0 aromatic rings. The van der Waals surface area contributed by atoms with Gasteiger partial charge in [0.25, 0.3) is 0 Å². The van der Waals surface area contributed by atoms with Gasteiger partial charge in [0.05, 0.1) is 0 Å². The maximum absolute atomic E-state index is 12.0. The van der Waals surface area contributed by atoms with Crippen molar-refractivity contribution in [2.75, 3.05) is 19.6 Å². The molecular weight excluding hydrogens is 284 g/mol. The van der Waals surface area contributed by atoms with Crippen LogP contribution in [-0.4, -0.2) is 47.9 Å². The van der Waals surface area contributed by atoms with Crippen molar-refractivity contribution in [2.45, 2.75) is 65.6 Å². The van der Waals surface area contributed by atoms with Gasteiger partial charge in [0, 0.05) is 19.6 Å². The van der Waals surface area contributed by atoms with Crippen molar-refractivity contribution in [1.82, 2.24) is 10.2 Å². The lowest BCUT2D eigenvalue weighted by Crippen LogP contribution is -2.39. The average molecular weight is 315 g/mol. The Morgan fingerprint density at radius 2 is 1.55 bits per heavy atom. The number of alkyl carbamates (subject to hydrolysis) is 1. The zero-order valence-corrected chi connectivity index (χ0v) is 14.8. The maximum atomic E-state index is 12.0. The van der Waals surface area contributed by atoms with E-state index < -0.39 is 17.3 Å². The molecule has 0 aliphatic heterocycles. The molecule has 0 aliphatic carbocycles. The molecule has 0 aromatic heterocycles. The second kappa shape index (κ2) is 8.86. The molecule has 2 amide bonds. The van der Waals surface area contributed by atoms with Crippen LogP contribution in [0.1, 0.15) is 54.4 Å². The average Bonchev–Trinajstić information content (AvgIpc) is 2.28. The van der Waals surface area contributed by atoms with E-state index >= 15 is 0 Å². The van der Waals surface area contributed by atoms with Crippen LogP contribution in [0.5, 0.6) is 0 Å². The topological polar surface area (TPSA) is 67.9 Å². The third-order valence-electron chi connectivity index (χ3n) is 2.35. The molecule has 0 atom stereocenters. The molecule has 129 valence electrons. The minimum Gasteiger partial charge on any atom is -0.444 e. The molecule has 6 heteroatoms. The third kappa shape index (κ3) is 11.2. The van der Waals surface area contributed by atoms with Crippen LogP contribution in [0.4, 0.5) is 9.59 Å². The maximum Gasteiger partial charge on any atom is 0.410 e. The smallest absolute Gasteiger partial charge is 0.410 e. The first kappa shape index (κ1) is 20.5. The Bertz CT molecular complexity index is 356. The summed E-state index contributed by atoms with van der Waals surface area (Å²) in [6.07, 6.45) is 0.430. The normalized spacial score (nSPS) is 11.8. The SMILES string of the molecule is [CH2]CCN(CCCNC(=O)OC(C)(C)C)C(=O)OC(C)(C)C. The molecule has 0 unspecified atom stereocenters. The van der Waals surface area contributed by atoms with Crippen LogP contribution >= 0.6 is 0 Å². The highest BCUT2D eigenvalue weighted by molar-refractivity contribution is 5.68. The summed E-state index contributed by atoms with van der Waals surface area (Å²) >= 11 is 0. The molecule has 1 radical (unpaired) electrons. The van der Waals surface area contributed by atoms with Gasteiger partial charge < -0.3 is 19.7 Å². The van der Waals surface area contributed by atoms with E-state index in [1.165, 1.54) is 0 Å². The fraction of sp³-hybridized carbons (Fsp3) is 0.812. The highest BCUT2D eigenvalue weighted by Crippen LogP contribution is 2.10. The Morgan fingerprint density at radius 3 is 2.00 bits per heavy atom. The molecule has 0 aliphatic rings. The molecule has 1 N–H and O–H groups in total. The first-order valence-electron chi connectivity index (χ1n) is 7.68. The highest BCUT2D eigenvalue weighted by atomic mass is 16.6. The van der Waals surface area contributed by atoms with E-state index in [9.17, 15) is 9.59 Å². The summed E-state index contributed by atoms with van der Waals surface area (Å²) < 4.78 is 10.5. The van der Waals surface area contributed by atoms with Gasteiger partial charge in [-0.05, 0) is 54.4 Å². The lowest BCUT2D eigenvalue weighted by molar-refractivity contribution is 0.0250. The lowest BCUT2D eigenvalue weighted by Gasteiger charge is -2.27. The standard InChI is InChI=1S/C16H31N2O4/c1-8-11-18(14(20)22-16(5,6)7)12-9-10-17-13(19)21-15(2,3)4/h1,8-12H2,2-7H3,(H,17,19). The fourth-order valence-electron chi connectivity index (χ4n) is 1.59. The molecule has 0 bridgehead atoms. The van der Waals surface area contributed by atoms with Crippen molar-refractivity contribution >= 4 is 12.2 Å². The van der Waals surface area contributed by atoms with Crippen LogP contribution < -0.4 is 5.32 Å². The number of rotatable bonds is 6. The zero-order chi connectivity index (χ0) is 17.4.